The van der Waals surface area contributed by atoms with Gasteiger partial charge in [-0.25, -0.2) is 9.97 Å². The highest BCUT2D eigenvalue weighted by molar-refractivity contribution is 7.14. The molecule has 1 N–H and O–H groups in total. The van der Waals surface area contributed by atoms with Crippen LogP contribution in [0.5, 0.6) is 0 Å². The highest BCUT2D eigenvalue weighted by atomic mass is 32.1. The van der Waals surface area contributed by atoms with E-state index in [2.05, 4.69) is 26.3 Å². The summed E-state index contributed by atoms with van der Waals surface area (Å²) in [5.74, 6) is 0.721. The molecule has 0 atom stereocenters. The molecule has 1 aliphatic heterocycles. The molecule has 2 aromatic heterocycles. The number of carbonyl (C=O) groups is 1. The highest BCUT2D eigenvalue weighted by Crippen LogP contribution is 2.22. The van der Waals surface area contributed by atoms with Crippen molar-refractivity contribution in [3.63, 3.8) is 0 Å². The lowest BCUT2D eigenvalue weighted by molar-refractivity contribution is -0.116. The molecule has 0 bridgehead atoms. The zero-order valence-corrected chi connectivity index (χ0v) is 13.7. The fourth-order valence-corrected chi connectivity index (χ4v) is 3.34. The summed E-state index contributed by atoms with van der Waals surface area (Å²) in [4.78, 5) is 23.0. The van der Waals surface area contributed by atoms with Crippen molar-refractivity contribution in [1.29, 1.82) is 5.26 Å². The van der Waals surface area contributed by atoms with E-state index < -0.39 is 0 Å². The molecule has 3 heterocycles. The third-order valence-corrected chi connectivity index (χ3v) is 4.67. The van der Waals surface area contributed by atoms with Crippen molar-refractivity contribution >= 4 is 22.2 Å². The van der Waals surface area contributed by atoms with Crippen molar-refractivity contribution in [3.05, 3.63) is 40.3 Å². The van der Waals surface area contributed by atoms with Crippen molar-refractivity contribution in [2.45, 2.75) is 26.3 Å². The van der Waals surface area contributed by atoms with E-state index in [1.807, 2.05) is 13.1 Å². The molecule has 0 unspecified atom stereocenters. The Labute approximate surface area is 138 Å². The van der Waals surface area contributed by atoms with E-state index in [4.69, 9.17) is 5.26 Å². The minimum atomic E-state index is -0.0615. The molecule has 1 aliphatic rings. The van der Waals surface area contributed by atoms with Crippen LogP contribution in [-0.2, 0) is 17.8 Å². The van der Waals surface area contributed by atoms with Gasteiger partial charge in [-0.3, -0.25) is 9.69 Å². The average molecular weight is 327 g/mol. The number of rotatable bonds is 4. The molecular weight excluding hydrogens is 310 g/mol. The molecule has 0 aromatic carbocycles. The number of nitrogens with zero attached hydrogens (tertiary/aromatic N) is 4. The average Bonchev–Trinajstić information content (AvgIpc) is 2.99. The number of anilines is 1. The van der Waals surface area contributed by atoms with E-state index >= 15 is 0 Å². The zero-order valence-electron chi connectivity index (χ0n) is 12.9. The van der Waals surface area contributed by atoms with Gasteiger partial charge >= 0.3 is 0 Å². The number of aromatic nitrogens is 2. The van der Waals surface area contributed by atoms with Gasteiger partial charge < -0.3 is 5.32 Å². The Hall–Kier alpha value is -2.30. The Kier molecular flexibility index (Phi) is 4.65. The van der Waals surface area contributed by atoms with Crippen LogP contribution in [0.1, 0.15) is 29.1 Å². The lowest BCUT2D eigenvalue weighted by Crippen LogP contribution is -2.34. The molecule has 23 heavy (non-hydrogen) atoms. The minimum Gasteiger partial charge on any atom is -0.317 e. The SMILES string of the molecule is Cc1ncc2c(n1)CN(CCC(=O)Nc1sccc1C#N)CC2. The first-order valence-corrected chi connectivity index (χ1v) is 8.35. The van der Waals surface area contributed by atoms with Gasteiger partial charge in [0.05, 0.1) is 11.3 Å². The monoisotopic (exact) mass is 327 g/mol. The third-order valence-electron chi connectivity index (χ3n) is 3.84. The van der Waals surface area contributed by atoms with Gasteiger partial charge in [-0.2, -0.15) is 5.26 Å². The summed E-state index contributed by atoms with van der Waals surface area (Å²) < 4.78 is 0. The number of thiophene rings is 1. The van der Waals surface area contributed by atoms with Gasteiger partial charge in [0.1, 0.15) is 16.9 Å². The maximum atomic E-state index is 12.1. The smallest absolute Gasteiger partial charge is 0.226 e. The molecule has 118 valence electrons. The number of hydrogen-bond donors (Lipinski definition) is 1. The fourth-order valence-electron chi connectivity index (χ4n) is 2.59. The predicted molar refractivity (Wildman–Crippen MR) is 88.0 cm³/mol. The van der Waals surface area contributed by atoms with Crippen molar-refractivity contribution in [3.8, 4) is 6.07 Å². The maximum absolute atomic E-state index is 12.1. The van der Waals surface area contributed by atoms with Crippen LogP contribution < -0.4 is 5.32 Å². The summed E-state index contributed by atoms with van der Waals surface area (Å²) in [6.07, 6.45) is 3.23. The van der Waals surface area contributed by atoms with Gasteiger partial charge in [-0.15, -0.1) is 11.3 Å². The van der Waals surface area contributed by atoms with Crippen LogP contribution in [0, 0.1) is 18.3 Å². The molecule has 0 radical (unpaired) electrons. The van der Waals surface area contributed by atoms with Crippen molar-refractivity contribution in [1.82, 2.24) is 14.9 Å². The number of nitrogens with one attached hydrogen (secondary N) is 1. The van der Waals surface area contributed by atoms with E-state index in [0.29, 0.717) is 23.5 Å². The van der Waals surface area contributed by atoms with Crippen LogP contribution in [0.25, 0.3) is 0 Å². The Bertz CT molecular complexity index is 764. The van der Waals surface area contributed by atoms with Crippen molar-refractivity contribution in [2.75, 3.05) is 18.4 Å². The molecule has 3 rings (SSSR count). The number of aryl methyl sites for hydroxylation is 1. The molecule has 0 fully saturated rings. The molecule has 0 aliphatic carbocycles. The fraction of sp³-hybridized carbons (Fsp3) is 0.375. The number of amides is 1. The Balaban J connectivity index is 1.53. The third kappa shape index (κ3) is 3.73. The van der Waals surface area contributed by atoms with Gasteiger partial charge in [0.2, 0.25) is 5.91 Å². The van der Waals surface area contributed by atoms with E-state index in [9.17, 15) is 4.79 Å². The Morgan fingerprint density at radius 1 is 1.57 bits per heavy atom. The maximum Gasteiger partial charge on any atom is 0.226 e. The Morgan fingerprint density at radius 3 is 3.26 bits per heavy atom. The van der Waals surface area contributed by atoms with Crippen LogP contribution in [0.2, 0.25) is 0 Å². The summed E-state index contributed by atoms with van der Waals surface area (Å²) >= 11 is 1.37. The summed E-state index contributed by atoms with van der Waals surface area (Å²) in [5.41, 5.74) is 2.78. The van der Waals surface area contributed by atoms with Gasteiger partial charge in [0, 0.05) is 32.3 Å². The standard InChI is InChI=1S/C16H17N5OS/c1-11-18-9-13-2-5-21(10-14(13)19-11)6-3-15(22)20-16-12(8-17)4-7-23-16/h4,7,9H,2-3,5-6,10H2,1H3,(H,20,22). The molecule has 6 nitrogen and oxygen atoms in total. The van der Waals surface area contributed by atoms with Gasteiger partial charge in [0.15, 0.2) is 0 Å². The van der Waals surface area contributed by atoms with E-state index in [-0.39, 0.29) is 5.91 Å². The molecule has 0 saturated heterocycles. The molecular formula is C16H17N5OS. The second kappa shape index (κ2) is 6.86. The van der Waals surface area contributed by atoms with Crippen LogP contribution in [-0.4, -0.2) is 33.9 Å². The number of nitriles is 1. The van der Waals surface area contributed by atoms with Gasteiger partial charge in [-0.05, 0) is 30.4 Å². The normalized spacial score (nSPS) is 14.1. The minimum absolute atomic E-state index is 0.0615. The highest BCUT2D eigenvalue weighted by Gasteiger charge is 2.18. The second-order valence-corrected chi connectivity index (χ2v) is 6.40. The van der Waals surface area contributed by atoms with E-state index in [0.717, 1.165) is 31.0 Å². The first-order valence-electron chi connectivity index (χ1n) is 7.47. The lowest BCUT2D eigenvalue weighted by atomic mass is 10.1. The number of carbonyl (C=O) groups excluding carboxylic acids is 1. The van der Waals surface area contributed by atoms with Crippen LogP contribution in [0.3, 0.4) is 0 Å². The van der Waals surface area contributed by atoms with Crippen LogP contribution in [0.4, 0.5) is 5.00 Å². The molecule has 0 saturated carbocycles. The lowest BCUT2D eigenvalue weighted by Gasteiger charge is -2.27. The van der Waals surface area contributed by atoms with Crippen molar-refractivity contribution in [2.24, 2.45) is 0 Å². The topological polar surface area (TPSA) is 81.9 Å². The van der Waals surface area contributed by atoms with E-state index in [1.54, 1.807) is 11.4 Å². The molecule has 2 aromatic rings. The first-order chi connectivity index (χ1) is 11.2. The predicted octanol–water partition coefficient (Wildman–Crippen LogP) is 2.11. The Morgan fingerprint density at radius 2 is 2.43 bits per heavy atom. The summed E-state index contributed by atoms with van der Waals surface area (Å²) in [7, 11) is 0. The molecule has 0 spiro atoms. The summed E-state index contributed by atoms with van der Waals surface area (Å²) in [5, 5.41) is 14.2. The largest absolute Gasteiger partial charge is 0.317 e. The molecule has 7 heteroatoms. The van der Waals surface area contributed by atoms with Gasteiger partial charge in [-0.1, -0.05) is 0 Å². The van der Waals surface area contributed by atoms with E-state index in [1.165, 1.54) is 16.9 Å². The van der Waals surface area contributed by atoms with Crippen LogP contribution >= 0.6 is 11.3 Å². The van der Waals surface area contributed by atoms with Crippen molar-refractivity contribution < 1.29 is 4.79 Å². The first kappa shape index (κ1) is 15.6. The van der Waals surface area contributed by atoms with Crippen LogP contribution in [0.15, 0.2) is 17.6 Å². The number of hydrogen-bond acceptors (Lipinski definition) is 6. The zero-order chi connectivity index (χ0) is 16.2. The molecule has 1 amide bonds. The second-order valence-electron chi connectivity index (χ2n) is 5.49. The summed E-state index contributed by atoms with van der Waals surface area (Å²) in [6.45, 7) is 4.24. The van der Waals surface area contributed by atoms with Gasteiger partial charge in [0.25, 0.3) is 0 Å². The quantitative estimate of drug-likeness (QED) is 0.930. The summed E-state index contributed by atoms with van der Waals surface area (Å²) in [6, 6.07) is 3.79. The number of fused-ring (bicyclic) bond motifs is 1.